The van der Waals surface area contributed by atoms with Gasteiger partial charge in [0.05, 0.1) is 11.4 Å². The van der Waals surface area contributed by atoms with Crippen LogP contribution in [0.2, 0.25) is 0 Å². The Kier molecular flexibility index (Phi) is 5.82. The summed E-state index contributed by atoms with van der Waals surface area (Å²) in [7, 11) is 0. The van der Waals surface area contributed by atoms with Crippen molar-refractivity contribution in [2.75, 3.05) is 0 Å². The molecule has 4 aromatic rings. The van der Waals surface area contributed by atoms with Crippen LogP contribution in [0.5, 0.6) is 0 Å². The summed E-state index contributed by atoms with van der Waals surface area (Å²) < 4.78 is 45.9. The van der Waals surface area contributed by atoms with Gasteiger partial charge >= 0.3 is 0 Å². The van der Waals surface area contributed by atoms with Crippen molar-refractivity contribution in [3.05, 3.63) is 71.4 Å². The summed E-state index contributed by atoms with van der Waals surface area (Å²) in [5.41, 5.74) is 2.34. The smallest absolute Gasteiger partial charge is 0.270 e. The van der Waals surface area contributed by atoms with Crippen LogP contribution in [0.25, 0.3) is 17.0 Å². The van der Waals surface area contributed by atoms with E-state index in [4.69, 9.17) is 0 Å². The molecule has 0 radical (unpaired) electrons. The van der Waals surface area contributed by atoms with E-state index >= 15 is 0 Å². The fraction of sp³-hybridized carbons (Fsp3) is 0.360. The van der Waals surface area contributed by atoms with E-state index in [-0.39, 0.29) is 18.9 Å². The maximum absolute atomic E-state index is 15.0. The molecule has 7 nitrogen and oxygen atoms in total. The number of rotatable bonds is 6. The van der Waals surface area contributed by atoms with Gasteiger partial charge in [-0.25, -0.2) is 28.1 Å². The maximum Gasteiger partial charge on any atom is 0.270 e. The molecule has 1 aromatic carbocycles. The van der Waals surface area contributed by atoms with Crippen molar-refractivity contribution in [1.82, 2.24) is 29.2 Å². The molecule has 1 unspecified atom stereocenters. The van der Waals surface area contributed by atoms with Crippen LogP contribution in [0.15, 0.2) is 42.9 Å². The Balaban J connectivity index is 1.31. The molecule has 0 aliphatic carbocycles. The fourth-order valence-corrected chi connectivity index (χ4v) is 4.55. The van der Waals surface area contributed by atoms with Crippen molar-refractivity contribution in [3.8, 4) is 11.3 Å². The van der Waals surface area contributed by atoms with Gasteiger partial charge in [-0.15, -0.1) is 0 Å². The molecule has 0 saturated heterocycles. The average molecular weight is 483 g/mol. The van der Waals surface area contributed by atoms with Crippen molar-refractivity contribution >= 4 is 11.7 Å². The molecule has 0 fully saturated rings. The number of benzene rings is 1. The van der Waals surface area contributed by atoms with Crippen LogP contribution in [0, 0.1) is 11.7 Å². The lowest BCUT2D eigenvalue weighted by Gasteiger charge is -2.27. The highest BCUT2D eigenvalue weighted by Crippen LogP contribution is 2.34. The van der Waals surface area contributed by atoms with Crippen LogP contribution in [0.1, 0.15) is 47.8 Å². The molecule has 10 heteroatoms. The monoisotopic (exact) mass is 482 g/mol. The van der Waals surface area contributed by atoms with Gasteiger partial charge in [0.25, 0.3) is 5.91 Å². The van der Waals surface area contributed by atoms with Crippen LogP contribution in [-0.2, 0) is 25.9 Å². The Hall–Kier alpha value is -3.69. The SMILES string of the molecule is CCc1nc2ncccn2c1C(=O)NCc1ccc(-c2cn3c(n2)CC(C(C)(F)F)CC3)c(F)c1. The molecule has 4 heterocycles. The predicted octanol–water partition coefficient (Wildman–Crippen LogP) is 4.44. The molecular weight excluding hydrogens is 457 g/mol. The average Bonchev–Trinajstić information content (AvgIpc) is 3.42. The Morgan fingerprint density at radius 2 is 2.11 bits per heavy atom. The summed E-state index contributed by atoms with van der Waals surface area (Å²) in [6, 6.07) is 6.40. The van der Waals surface area contributed by atoms with Crippen molar-refractivity contribution in [2.45, 2.75) is 52.1 Å². The van der Waals surface area contributed by atoms with E-state index in [9.17, 15) is 18.0 Å². The molecule has 1 atom stereocenters. The molecule has 1 aliphatic rings. The molecule has 1 amide bonds. The topological polar surface area (TPSA) is 77.1 Å². The van der Waals surface area contributed by atoms with Crippen LogP contribution in [-0.4, -0.2) is 35.7 Å². The molecule has 0 spiro atoms. The highest BCUT2D eigenvalue weighted by Gasteiger charge is 2.37. The van der Waals surface area contributed by atoms with E-state index in [1.807, 2.05) is 11.5 Å². The standard InChI is InChI=1S/C25H25F3N6O/c1-3-19-22(34-9-4-8-29-24(34)32-19)23(35)30-13-15-5-6-17(18(26)11-15)20-14-33-10-7-16(25(2,27)28)12-21(33)31-20/h4-6,8-9,11,14,16H,3,7,10,12-13H2,1-2H3,(H,30,35). The van der Waals surface area contributed by atoms with Gasteiger partial charge in [-0.05, 0) is 43.5 Å². The number of alkyl halides is 2. The van der Waals surface area contributed by atoms with Gasteiger partial charge in [-0.3, -0.25) is 9.20 Å². The third kappa shape index (κ3) is 4.40. The first-order chi connectivity index (χ1) is 16.7. The minimum absolute atomic E-state index is 0.125. The van der Waals surface area contributed by atoms with E-state index in [1.54, 1.807) is 41.2 Å². The number of halogens is 3. The van der Waals surface area contributed by atoms with Crippen molar-refractivity contribution in [1.29, 1.82) is 0 Å². The second kappa shape index (κ2) is 8.83. The summed E-state index contributed by atoms with van der Waals surface area (Å²) in [5, 5.41) is 2.83. The molecular formula is C25H25F3N6O. The Labute approximate surface area is 200 Å². The summed E-state index contributed by atoms with van der Waals surface area (Å²) in [6.07, 6.45) is 6.14. The van der Waals surface area contributed by atoms with E-state index in [0.29, 0.717) is 59.2 Å². The van der Waals surface area contributed by atoms with Gasteiger partial charge in [0, 0.05) is 49.6 Å². The third-order valence-electron chi connectivity index (χ3n) is 6.51. The molecule has 0 bridgehead atoms. The Morgan fingerprint density at radius 1 is 1.29 bits per heavy atom. The number of fused-ring (bicyclic) bond motifs is 2. The first-order valence-corrected chi connectivity index (χ1v) is 11.6. The number of carbonyl (C=O) groups is 1. The number of aromatic nitrogens is 5. The second-order valence-corrected chi connectivity index (χ2v) is 8.93. The number of hydrogen-bond acceptors (Lipinski definition) is 4. The van der Waals surface area contributed by atoms with E-state index in [2.05, 4.69) is 20.3 Å². The van der Waals surface area contributed by atoms with Crippen molar-refractivity contribution < 1.29 is 18.0 Å². The highest BCUT2D eigenvalue weighted by molar-refractivity contribution is 5.94. The summed E-state index contributed by atoms with van der Waals surface area (Å²) >= 11 is 0. The fourth-order valence-electron chi connectivity index (χ4n) is 4.55. The lowest BCUT2D eigenvalue weighted by atomic mass is 9.92. The number of amides is 1. The molecule has 1 aliphatic heterocycles. The number of nitrogens with zero attached hydrogens (tertiary/aromatic N) is 5. The van der Waals surface area contributed by atoms with Crippen molar-refractivity contribution in [2.24, 2.45) is 5.92 Å². The Morgan fingerprint density at radius 3 is 2.86 bits per heavy atom. The highest BCUT2D eigenvalue weighted by atomic mass is 19.3. The number of imidazole rings is 2. The maximum atomic E-state index is 15.0. The molecule has 5 rings (SSSR count). The second-order valence-electron chi connectivity index (χ2n) is 8.93. The first-order valence-electron chi connectivity index (χ1n) is 11.6. The number of aryl methyl sites for hydroxylation is 2. The molecule has 35 heavy (non-hydrogen) atoms. The Bertz CT molecular complexity index is 1400. The van der Waals surface area contributed by atoms with Gasteiger partial charge in [0.15, 0.2) is 0 Å². The van der Waals surface area contributed by atoms with Gasteiger partial charge in [0.1, 0.15) is 17.3 Å². The van der Waals surface area contributed by atoms with Crippen LogP contribution in [0.4, 0.5) is 13.2 Å². The summed E-state index contributed by atoms with van der Waals surface area (Å²) in [4.78, 5) is 25.9. The molecule has 1 N–H and O–H groups in total. The lowest BCUT2D eigenvalue weighted by molar-refractivity contribution is -0.0488. The van der Waals surface area contributed by atoms with Crippen molar-refractivity contribution in [3.63, 3.8) is 0 Å². The minimum atomic E-state index is -2.77. The summed E-state index contributed by atoms with van der Waals surface area (Å²) in [6.45, 7) is 3.40. The zero-order valence-corrected chi connectivity index (χ0v) is 19.4. The quantitative estimate of drug-likeness (QED) is 0.441. The number of carbonyl (C=O) groups excluding carboxylic acids is 1. The van der Waals surface area contributed by atoms with Crippen LogP contribution < -0.4 is 5.32 Å². The molecule has 3 aromatic heterocycles. The minimum Gasteiger partial charge on any atom is -0.347 e. The lowest BCUT2D eigenvalue weighted by Crippen LogP contribution is -2.32. The normalized spacial score (nSPS) is 15.9. The van der Waals surface area contributed by atoms with E-state index in [0.717, 1.165) is 6.92 Å². The molecule has 0 saturated carbocycles. The number of hydrogen-bond donors (Lipinski definition) is 1. The zero-order chi connectivity index (χ0) is 24.7. The number of nitrogens with one attached hydrogen (secondary N) is 1. The van der Waals surface area contributed by atoms with Crippen LogP contribution >= 0.6 is 0 Å². The van der Waals surface area contributed by atoms with E-state index in [1.165, 1.54) is 6.07 Å². The van der Waals surface area contributed by atoms with Gasteiger partial charge in [0.2, 0.25) is 11.7 Å². The predicted molar refractivity (Wildman–Crippen MR) is 124 cm³/mol. The van der Waals surface area contributed by atoms with Gasteiger partial charge in [-0.2, -0.15) is 0 Å². The zero-order valence-electron chi connectivity index (χ0n) is 19.4. The first kappa shape index (κ1) is 23.1. The van der Waals surface area contributed by atoms with Gasteiger partial charge in [-0.1, -0.05) is 13.0 Å². The summed E-state index contributed by atoms with van der Waals surface area (Å²) in [5.74, 6) is -3.36. The van der Waals surface area contributed by atoms with Gasteiger partial charge < -0.3 is 9.88 Å². The third-order valence-corrected chi connectivity index (χ3v) is 6.51. The van der Waals surface area contributed by atoms with Crippen LogP contribution in [0.3, 0.4) is 0 Å². The molecule has 182 valence electrons. The largest absolute Gasteiger partial charge is 0.347 e. The van der Waals surface area contributed by atoms with E-state index < -0.39 is 17.7 Å².